The lowest BCUT2D eigenvalue weighted by molar-refractivity contribution is -0.114. The summed E-state index contributed by atoms with van der Waals surface area (Å²) in [7, 11) is 0. The molecule has 0 spiro atoms. The number of halogens is 2. The van der Waals surface area contributed by atoms with E-state index in [0.29, 0.717) is 19.0 Å². The maximum absolute atomic E-state index is 12.5. The maximum atomic E-state index is 12.5. The summed E-state index contributed by atoms with van der Waals surface area (Å²) in [6.07, 6.45) is 4.10. The minimum Gasteiger partial charge on any atom is -0.370 e. The summed E-state index contributed by atoms with van der Waals surface area (Å²) < 4.78 is 24.9. The van der Waals surface area contributed by atoms with Crippen LogP contribution in [0.2, 0.25) is 0 Å². The van der Waals surface area contributed by atoms with Gasteiger partial charge >= 0.3 is 0 Å². The second kappa shape index (κ2) is 6.97. The number of allylic oxidation sites excluding steroid dienone is 2. The highest BCUT2D eigenvalue weighted by atomic mass is 19.3. The topological polar surface area (TPSA) is 42.0 Å². The normalized spacial score (nSPS) is 11.8. The van der Waals surface area contributed by atoms with Gasteiger partial charge < -0.3 is 5.32 Å². The van der Waals surface area contributed by atoms with Crippen molar-refractivity contribution in [1.82, 2.24) is 4.98 Å². The number of ketones is 1. The van der Waals surface area contributed by atoms with Crippen LogP contribution in [0.15, 0.2) is 30.5 Å². The molecule has 0 aliphatic rings. The lowest BCUT2D eigenvalue weighted by Crippen LogP contribution is -2.07. The summed E-state index contributed by atoms with van der Waals surface area (Å²) in [5, 5.41) is 3.08. The Morgan fingerprint density at radius 1 is 1.53 bits per heavy atom. The molecule has 1 heterocycles. The van der Waals surface area contributed by atoms with E-state index in [0.717, 1.165) is 24.4 Å². The molecule has 0 bridgehead atoms. The second-order valence-corrected chi connectivity index (χ2v) is 4.50. The first-order chi connectivity index (χ1) is 8.87. The molecule has 1 rings (SSSR count). The highest BCUT2D eigenvalue weighted by Gasteiger charge is 2.15. The van der Waals surface area contributed by atoms with E-state index >= 15 is 0 Å². The predicted molar refractivity (Wildman–Crippen MR) is 71.5 cm³/mol. The fourth-order valence-electron chi connectivity index (χ4n) is 1.43. The maximum Gasteiger partial charge on any atom is 0.264 e. The van der Waals surface area contributed by atoms with Crippen LogP contribution >= 0.6 is 0 Å². The van der Waals surface area contributed by atoms with Gasteiger partial charge in [-0.15, -0.1) is 0 Å². The van der Waals surface area contributed by atoms with E-state index in [4.69, 9.17) is 0 Å². The fraction of sp³-hybridized carbons (Fsp3) is 0.429. The molecule has 5 heteroatoms. The molecule has 1 N–H and O–H groups in total. The van der Waals surface area contributed by atoms with E-state index < -0.39 is 5.92 Å². The summed E-state index contributed by atoms with van der Waals surface area (Å²) in [6, 6.07) is 3.80. The standard InChI is InChI=1S/C14H18F2N2O/c1-11-6-9-18-13(10-11)17-8-3-4-12(19)5-7-14(2,15)16/h5-7,9-10H,3-4,8H2,1-2H3,(H,17,18)/b7-5+. The SMILES string of the molecule is Cc1ccnc(NCCCC(=O)/C=C/C(C)(F)F)c1. The van der Waals surface area contributed by atoms with Gasteiger partial charge in [0.2, 0.25) is 0 Å². The number of aromatic nitrogens is 1. The molecule has 0 aliphatic carbocycles. The molecule has 0 saturated heterocycles. The number of nitrogens with zero attached hydrogens (tertiary/aromatic N) is 1. The number of nitrogens with one attached hydrogen (secondary N) is 1. The van der Waals surface area contributed by atoms with E-state index in [1.54, 1.807) is 6.20 Å². The van der Waals surface area contributed by atoms with Crippen LogP contribution in [-0.2, 0) is 4.79 Å². The van der Waals surface area contributed by atoms with Crippen LogP contribution in [0.5, 0.6) is 0 Å². The van der Waals surface area contributed by atoms with E-state index in [9.17, 15) is 13.6 Å². The lowest BCUT2D eigenvalue weighted by Gasteiger charge is -2.05. The largest absolute Gasteiger partial charge is 0.370 e. The van der Waals surface area contributed by atoms with Gasteiger partial charge in [-0.3, -0.25) is 4.79 Å². The molecule has 104 valence electrons. The molecule has 0 atom stereocenters. The van der Waals surface area contributed by atoms with Crippen molar-refractivity contribution in [1.29, 1.82) is 0 Å². The molecule has 0 aliphatic heterocycles. The Labute approximate surface area is 111 Å². The number of aryl methyl sites for hydroxylation is 1. The zero-order chi connectivity index (χ0) is 14.3. The van der Waals surface area contributed by atoms with Crippen LogP contribution < -0.4 is 5.32 Å². The van der Waals surface area contributed by atoms with Gasteiger partial charge in [-0.1, -0.05) is 0 Å². The van der Waals surface area contributed by atoms with Crippen molar-refractivity contribution in [3.8, 4) is 0 Å². The average molecular weight is 268 g/mol. The zero-order valence-corrected chi connectivity index (χ0v) is 11.1. The Bertz CT molecular complexity index is 453. The van der Waals surface area contributed by atoms with Gasteiger partial charge in [0.15, 0.2) is 5.78 Å². The summed E-state index contributed by atoms with van der Waals surface area (Å²) >= 11 is 0. The Balaban J connectivity index is 2.24. The molecule has 0 saturated carbocycles. The molecule has 0 fully saturated rings. The van der Waals surface area contributed by atoms with Crippen molar-refractivity contribution in [3.63, 3.8) is 0 Å². The van der Waals surface area contributed by atoms with Gasteiger partial charge in [-0.05, 0) is 43.2 Å². The van der Waals surface area contributed by atoms with Crippen LogP contribution in [0.3, 0.4) is 0 Å². The highest BCUT2D eigenvalue weighted by molar-refractivity contribution is 5.89. The van der Waals surface area contributed by atoms with E-state index in [1.807, 2.05) is 19.1 Å². The molecule has 1 aromatic heterocycles. The average Bonchev–Trinajstić information content (AvgIpc) is 2.31. The number of pyridine rings is 1. The van der Waals surface area contributed by atoms with Crippen LogP contribution in [0.25, 0.3) is 0 Å². The summed E-state index contributed by atoms with van der Waals surface area (Å²) in [6.45, 7) is 3.30. The first-order valence-electron chi connectivity index (χ1n) is 6.13. The molecule has 19 heavy (non-hydrogen) atoms. The second-order valence-electron chi connectivity index (χ2n) is 4.50. The molecular formula is C14H18F2N2O. The van der Waals surface area contributed by atoms with Gasteiger partial charge in [0, 0.05) is 26.1 Å². The third-order valence-electron chi connectivity index (χ3n) is 2.38. The first kappa shape index (κ1) is 15.3. The Kier molecular flexibility index (Phi) is 5.60. The Morgan fingerprint density at radius 2 is 2.26 bits per heavy atom. The quantitative estimate of drug-likeness (QED) is 0.609. The van der Waals surface area contributed by atoms with Crippen molar-refractivity contribution in [2.75, 3.05) is 11.9 Å². The summed E-state index contributed by atoms with van der Waals surface area (Å²) in [4.78, 5) is 15.4. The number of carbonyl (C=O) groups is 1. The molecule has 0 radical (unpaired) electrons. The van der Waals surface area contributed by atoms with Gasteiger partial charge in [0.25, 0.3) is 5.92 Å². The van der Waals surface area contributed by atoms with Crippen molar-refractivity contribution in [2.24, 2.45) is 0 Å². The number of rotatable bonds is 7. The summed E-state index contributed by atoms with van der Waals surface area (Å²) in [5.74, 6) is -2.47. The molecule has 1 aromatic rings. The van der Waals surface area contributed by atoms with Crippen molar-refractivity contribution in [3.05, 3.63) is 36.0 Å². The smallest absolute Gasteiger partial charge is 0.264 e. The van der Waals surface area contributed by atoms with Gasteiger partial charge in [0.1, 0.15) is 5.82 Å². The predicted octanol–water partition coefficient (Wildman–Crippen LogP) is 3.36. The van der Waals surface area contributed by atoms with Gasteiger partial charge in [-0.2, -0.15) is 0 Å². The monoisotopic (exact) mass is 268 g/mol. The molecule has 0 amide bonds. The number of carbonyl (C=O) groups excluding carboxylic acids is 1. The van der Waals surface area contributed by atoms with E-state index in [2.05, 4.69) is 10.3 Å². The lowest BCUT2D eigenvalue weighted by atomic mass is 10.2. The Hall–Kier alpha value is -1.78. The number of hydrogen-bond acceptors (Lipinski definition) is 3. The van der Waals surface area contributed by atoms with Crippen molar-refractivity contribution >= 4 is 11.6 Å². The molecule has 0 unspecified atom stereocenters. The minimum atomic E-state index is -2.93. The minimum absolute atomic E-state index is 0.241. The first-order valence-corrected chi connectivity index (χ1v) is 6.13. The van der Waals surface area contributed by atoms with Crippen LogP contribution in [-0.4, -0.2) is 23.2 Å². The third kappa shape index (κ3) is 7.28. The number of anilines is 1. The summed E-state index contributed by atoms with van der Waals surface area (Å²) in [5.41, 5.74) is 1.10. The Morgan fingerprint density at radius 3 is 2.89 bits per heavy atom. The fourth-order valence-corrected chi connectivity index (χ4v) is 1.43. The van der Waals surface area contributed by atoms with Crippen LogP contribution in [0.4, 0.5) is 14.6 Å². The van der Waals surface area contributed by atoms with Gasteiger partial charge in [-0.25, -0.2) is 13.8 Å². The van der Waals surface area contributed by atoms with E-state index in [1.165, 1.54) is 0 Å². The van der Waals surface area contributed by atoms with Gasteiger partial charge in [0.05, 0.1) is 0 Å². The number of alkyl halides is 2. The molecule has 3 nitrogen and oxygen atoms in total. The highest BCUT2D eigenvalue weighted by Crippen LogP contribution is 2.13. The van der Waals surface area contributed by atoms with Crippen molar-refractivity contribution < 1.29 is 13.6 Å². The zero-order valence-electron chi connectivity index (χ0n) is 11.1. The van der Waals surface area contributed by atoms with Crippen LogP contribution in [0.1, 0.15) is 25.3 Å². The van der Waals surface area contributed by atoms with Crippen molar-refractivity contribution in [2.45, 2.75) is 32.6 Å². The van der Waals surface area contributed by atoms with E-state index in [-0.39, 0.29) is 12.2 Å². The molecule has 0 aromatic carbocycles. The number of hydrogen-bond donors (Lipinski definition) is 1. The van der Waals surface area contributed by atoms with Crippen LogP contribution in [0, 0.1) is 6.92 Å². The molecular weight excluding hydrogens is 250 g/mol. The third-order valence-corrected chi connectivity index (χ3v) is 2.38.